The maximum absolute atomic E-state index is 12.6. The highest BCUT2D eigenvalue weighted by molar-refractivity contribution is 6.23. The zero-order chi connectivity index (χ0) is 24.0. The molecule has 0 atom stereocenters. The molecule has 0 aromatic heterocycles. The third-order valence-electron chi connectivity index (χ3n) is 5.63. The molecule has 0 saturated heterocycles. The standard InChI is InChI=1S/C27H36N4O3/c28-13-5-16-29-14-3-4-15-30-17-6-18-31-20-21-9-11-22(12-10-21)34-26-19-25(32)23-7-1-2-8-24(23)27(26)33/h1-2,7-12,19,29-31H,3-6,13-18,20,28H2. The number of rotatable bonds is 16. The molecule has 1 aliphatic rings. The Morgan fingerprint density at radius 1 is 0.706 bits per heavy atom. The minimum atomic E-state index is -0.270. The van der Waals surface area contributed by atoms with Crippen LogP contribution in [-0.2, 0) is 6.54 Å². The van der Waals surface area contributed by atoms with Crippen molar-refractivity contribution in [1.82, 2.24) is 16.0 Å². The normalized spacial score (nSPS) is 13.0. The lowest BCUT2D eigenvalue weighted by atomic mass is 9.94. The average Bonchev–Trinajstić information content (AvgIpc) is 2.86. The average molecular weight is 465 g/mol. The molecule has 3 rings (SSSR count). The number of ether oxygens (including phenoxy) is 1. The van der Waals surface area contributed by atoms with Gasteiger partial charge in [0, 0.05) is 23.7 Å². The van der Waals surface area contributed by atoms with Crippen molar-refractivity contribution in [2.45, 2.75) is 32.2 Å². The number of nitrogens with one attached hydrogen (secondary N) is 3. The minimum absolute atomic E-state index is 0.0601. The van der Waals surface area contributed by atoms with E-state index in [0.717, 1.165) is 64.2 Å². The van der Waals surface area contributed by atoms with Crippen LogP contribution in [0, 0.1) is 0 Å². The van der Waals surface area contributed by atoms with Gasteiger partial charge in [0.05, 0.1) is 0 Å². The van der Waals surface area contributed by atoms with Crippen molar-refractivity contribution < 1.29 is 14.3 Å². The van der Waals surface area contributed by atoms with Gasteiger partial charge in [-0.05, 0) is 82.6 Å². The third kappa shape index (κ3) is 8.18. The summed E-state index contributed by atoms with van der Waals surface area (Å²) in [7, 11) is 0. The fourth-order valence-electron chi connectivity index (χ4n) is 3.72. The molecule has 0 bridgehead atoms. The van der Waals surface area contributed by atoms with E-state index in [4.69, 9.17) is 10.5 Å². The first-order valence-electron chi connectivity index (χ1n) is 12.2. The summed E-state index contributed by atoms with van der Waals surface area (Å²) >= 11 is 0. The van der Waals surface area contributed by atoms with Gasteiger partial charge < -0.3 is 26.4 Å². The molecule has 7 heteroatoms. The van der Waals surface area contributed by atoms with Gasteiger partial charge >= 0.3 is 0 Å². The van der Waals surface area contributed by atoms with Crippen molar-refractivity contribution in [3.8, 4) is 5.75 Å². The van der Waals surface area contributed by atoms with E-state index in [-0.39, 0.29) is 17.3 Å². The third-order valence-corrected chi connectivity index (χ3v) is 5.63. The molecule has 0 fully saturated rings. The summed E-state index contributed by atoms with van der Waals surface area (Å²) in [6.45, 7) is 6.59. The second-order valence-corrected chi connectivity index (χ2v) is 8.37. The lowest BCUT2D eigenvalue weighted by molar-refractivity contribution is 0.0947. The molecule has 0 saturated carbocycles. The number of ketones is 2. The van der Waals surface area contributed by atoms with Gasteiger partial charge in [-0.1, -0.05) is 36.4 Å². The van der Waals surface area contributed by atoms with Crippen LogP contribution < -0.4 is 26.4 Å². The number of hydrogen-bond donors (Lipinski definition) is 4. The maximum Gasteiger partial charge on any atom is 0.229 e. The summed E-state index contributed by atoms with van der Waals surface area (Å²) < 4.78 is 5.73. The predicted molar refractivity (Wildman–Crippen MR) is 135 cm³/mol. The van der Waals surface area contributed by atoms with E-state index in [1.807, 2.05) is 24.3 Å². The Morgan fingerprint density at radius 3 is 2.03 bits per heavy atom. The van der Waals surface area contributed by atoms with Gasteiger partial charge in [-0.3, -0.25) is 9.59 Å². The van der Waals surface area contributed by atoms with Crippen molar-refractivity contribution in [2.24, 2.45) is 5.73 Å². The first-order valence-corrected chi connectivity index (χ1v) is 12.2. The van der Waals surface area contributed by atoms with E-state index in [1.54, 1.807) is 24.3 Å². The number of fused-ring (bicyclic) bond motifs is 1. The van der Waals surface area contributed by atoms with E-state index < -0.39 is 0 Å². The summed E-state index contributed by atoms with van der Waals surface area (Å²) in [4.78, 5) is 24.9. The van der Waals surface area contributed by atoms with Crippen LogP contribution in [0.2, 0.25) is 0 Å². The molecule has 0 amide bonds. The van der Waals surface area contributed by atoms with Crippen LogP contribution in [0.25, 0.3) is 0 Å². The number of carbonyl (C=O) groups is 2. The predicted octanol–water partition coefficient (Wildman–Crippen LogP) is 2.82. The number of allylic oxidation sites excluding steroid dienone is 2. The summed E-state index contributed by atoms with van der Waals surface area (Å²) in [5, 5.41) is 10.3. The van der Waals surface area contributed by atoms with Crippen LogP contribution in [0.1, 0.15) is 52.0 Å². The van der Waals surface area contributed by atoms with E-state index >= 15 is 0 Å². The molecule has 7 nitrogen and oxygen atoms in total. The van der Waals surface area contributed by atoms with Crippen molar-refractivity contribution in [1.29, 1.82) is 0 Å². The Hall–Kier alpha value is -2.84. The molecular formula is C27H36N4O3. The molecular weight excluding hydrogens is 428 g/mol. The van der Waals surface area contributed by atoms with Gasteiger partial charge in [0.25, 0.3) is 0 Å². The molecule has 0 unspecified atom stereocenters. The van der Waals surface area contributed by atoms with Crippen molar-refractivity contribution in [2.75, 3.05) is 39.3 Å². The first kappa shape index (κ1) is 25.8. The highest BCUT2D eigenvalue weighted by Gasteiger charge is 2.26. The number of Topliss-reactive ketones (excluding diaryl/α,β-unsaturated/α-hetero) is 1. The minimum Gasteiger partial charge on any atom is -0.453 e. The smallest absolute Gasteiger partial charge is 0.229 e. The van der Waals surface area contributed by atoms with E-state index in [1.165, 1.54) is 18.9 Å². The van der Waals surface area contributed by atoms with E-state index in [2.05, 4.69) is 16.0 Å². The SMILES string of the molecule is NCCCNCCCCNCCCNCc1ccc(OC2=CC(=O)c3ccccc3C2=O)cc1. The number of benzene rings is 2. The van der Waals surface area contributed by atoms with Crippen molar-refractivity contribution in [3.63, 3.8) is 0 Å². The van der Waals surface area contributed by atoms with Gasteiger partial charge in [-0.25, -0.2) is 0 Å². The first-order chi connectivity index (χ1) is 16.7. The summed E-state index contributed by atoms with van der Waals surface area (Å²) in [6, 6.07) is 14.4. The van der Waals surface area contributed by atoms with Crippen LogP contribution in [0.4, 0.5) is 0 Å². The fourth-order valence-corrected chi connectivity index (χ4v) is 3.72. The number of nitrogens with two attached hydrogens (primary N) is 1. The monoisotopic (exact) mass is 464 g/mol. The van der Waals surface area contributed by atoms with Crippen LogP contribution >= 0.6 is 0 Å². The summed E-state index contributed by atoms with van der Waals surface area (Å²) in [5.74, 6) is 0.115. The van der Waals surface area contributed by atoms with Gasteiger partial charge in [0.15, 0.2) is 11.5 Å². The van der Waals surface area contributed by atoms with Crippen LogP contribution in [0.5, 0.6) is 5.75 Å². The number of hydrogen-bond acceptors (Lipinski definition) is 7. The van der Waals surface area contributed by atoms with E-state index in [0.29, 0.717) is 16.9 Å². The van der Waals surface area contributed by atoms with Crippen molar-refractivity contribution in [3.05, 3.63) is 77.1 Å². The van der Waals surface area contributed by atoms with E-state index in [9.17, 15) is 9.59 Å². The fraction of sp³-hybridized carbons (Fsp3) is 0.407. The summed E-state index contributed by atoms with van der Waals surface area (Å²) in [6.07, 6.45) is 5.75. The molecule has 0 radical (unpaired) electrons. The highest BCUT2D eigenvalue weighted by atomic mass is 16.5. The Bertz CT molecular complexity index is 957. The quantitative estimate of drug-likeness (QED) is 0.283. The zero-order valence-corrected chi connectivity index (χ0v) is 19.8. The zero-order valence-electron chi connectivity index (χ0n) is 19.8. The molecule has 5 N–H and O–H groups in total. The molecule has 0 aliphatic heterocycles. The van der Waals surface area contributed by atoms with Gasteiger partial charge in [0.1, 0.15) is 5.75 Å². The molecule has 34 heavy (non-hydrogen) atoms. The largest absolute Gasteiger partial charge is 0.453 e. The Labute approximate surface area is 202 Å². The van der Waals surface area contributed by atoms with Crippen LogP contribution in [0.15, 0.2) is 60.4 Å². The van der Waals surface area contributed by atoms with Crippen molar-refractivity contribution >= 4 is 11.6 Å². The molecule has 0 heterocycles. The van der Waals surface area contributed by atoms with Crippen LogP contribution in [0.3, 0.4) is 0 Å². The van der Waals surface area contributed by atoms with Gasteiger partial charge in [0.2, 0.25) is 5.78 Å². The number of carbonyl (C=O) groups excluding carboxylic acids is 2. The highest BCUT2D eigenvalue weighted by Crippen LogP contribution is 2.24. The maximum atomic E-state index is 12.6. The topological polar surface area (TPSA) is 105 Å². The molecule has 182 valence electrons. The molecule has 2 aromatic rings. The molecule has 1 aliphatic carbocycles. The Kier molecular flexibility index (Phi) is 10.9. The Morgan fingerprint density at radius 2 is 1.32 bits per heavy atom. The molecule has 0 spiro atoms. The second-order valence-electron chi connectivity index (χ2n) is 8.37. The van der Waals surface area contributed by atoms with Gasteiger partial charge in [-0.15, -0.1) is 0 Å². The lowest BCUT2D eigenvalue weighted by Gasteiger charge is -2.15. The summed E-state index contributed by atoms with van der Waals surface area (Å²) in [5.41, 5.74) is 7.40. The Balaban J connectivity index is 1.28. The molecule has 2 aromatic carbocycles. The second kappa shape index (κ2) is 14.4. The van der Waals surface area contributed by atoms with Crippen LogP contribution in [-0.4, -0.2) is 50.8 Å². The number of unbranched alkanes of at least 4 members (excludes halogenated alkanes) is 1. The lowest BCUT2D eigenvalue weighted by Crippen LogP contribution is -2.24. The van der Waals surface area contributed by atoms with Gasteiger partial charge in [-0.2, -0.15) is 0 Å².